The third-order valence-electron chi connectivity index (χ3n) is 13.7. The van der Waals surface area contributed by atoms with Crippen LogP contribution < -0.4 is 0 Å². The molecule has 11 aromatic rings. The van der Waals surface area contributed by atoms with E-state index in [2.05, 4.69) is 223 Å². The lowest BCUT2D eigenvalue weighted by molar-refractivity contribution is 0.793. The minimum Gasteiger partial charge on any atom is -0.310 e. The van der Waals surface area contributed by atoms with Gasteiger partial charge in [0.25, 0.3) is 0 Å². The highest BCUT2D eigenvalue weighted by Crippen LogP contribution is 2.46. The summed E-state index contributed by atoms with van der Waals surface area (Å²) in [5, 5.41) is 7.38. The second-order valence-corrected chi connectivity index (χ2v) is 17.0. The summed E-state index contributed by atoms with van der Waals surface area (Å²) in [7, 11) is 0. The molecule has 9 aromatic carbocycles. The Kier molecular flexibility index (Phi) is 8.55. The zero-order valence-electron chi connectivity index (χ0n) is 35.2. The van der Waals surface area contributed by atoms with Crippen molar-refractivity contribution >= 4 is 71.7 Å². The van der Waals surface area contributed by atoms with Gasteiger partial charge >= 0.3 is 0 Å². The lowest BCUT2D eigenvalue weighted by Gasteiger charge is -2.29. The van der Waals surface area contributed by atoms with E-state index in [4.69, 9.17) is 6.58 Å². The van der Waals surface area contributed by atoms with Gasteiger partial charge in [-0.2, -0.15) is 0 Å². The topological polar surface area (TPSA) is 9.86 Å². The van der Waals surface area contributed by atoms with Crippen LogP contribution in [0.15, 0.2) is 219 Å². The number of fused-ring (bicyclic) bond motifs is 11. The molecule has 2 nitrogen and oxygen atoms in total. The molecule has 1 unspecified atom stereocenters. The predicted molar refractivity (Wildman–Crippen MR) is 269 cm³/mol. The van der Waals surface area contributed by atoms with Crippen molar-refractivity contribution in [2.75, 3.05) is 0 Å². The molecule has 2 heterocycles. The fourth-order valence-electron chi connectivity index (χ4n) is 10.7. The first-order valence-corrected chi connectivity index (χ1v) is 21.9. The Labute approximate surface area is 367 Å². The van der Waals surface area contributed by atoms with Gasteiger partial charge in [0.1, 0.15) is 0 Å². The lowest BCUT2D eigenvalue weighted by atomic mass is 9.74. The summed E-state index contributed by atoms with van der Waals surface area (Å²) in [5.41, 5.74) is 19.1. The van der Waals surface area contributed by atoms with E-state index in [1.807, 2.05) is 6.08 Å². The van der Waals surface area contributed by atoms with Gasteiger partial charge in [-0.25, -0.2) is 0 Å². The van der Waals surface area contributed by atoms with Crippen molar-refractivity contribution in [3.63, 3.8) is 0 Å². The third kappa shape index (κ3) is 5.72. The van der Waals surface area contributed by atoms with Gasteiger partial charge in [-0.3, -0.25) is 0 Å². The fourth-order valence-corrected chi connectivity index (χ4v) is 10.7. The van der Waals surface area contributed by atoms with Crippen LogP contribution in [0.2, 0.25) is 0 Å². The Hall–Kier alpha value is -7.94. The number of benzene rings is 9. The first kappa shape index (κ1) is 36.9. The third-order valence-corrected chi connectivity index (χ3v) is 13.7. The maximum atomic E-state index is 5.01. The van der Waals surface area contributed by atoms with E-state index in [0.717, 1.165) is 51.1 Å². The molecule has 63 heavy (non-hydrogen) atoms. The molecule has 0 aliphatic heterocycles. The van der Waals surface area contributed by atoms with Gasteiger partial charge in [0.2, 0.25) is 0 Å². The van der Waals surface area contributed by atoms with Crippen LogP contribution in [0.3, 0.4) is 0 Å². The molecule has 0 fully saturated rings. The van der Waals surface area contributed by atoms with Crippen molar-refractivity contribution in [1.82, 2.24) is 9.13 Å². The van der Waals surface area contributed by atoms with Crippen LogP contribution in [0, 0.1) is 0 Å². The summed E-state index contributed by atoms with van der Waals surface area (Å²) in [6.07, 6.45) is 2.94. The van der Waals surface area contributed by atoms with Crippen LogP contribution in [0.1, 0.15) is 46.2 Å². The molecular weight excluding hydrogens is 761 g/mol. The van der Waals surface area contributed by atoms with E-state index < -0.39 is 0 Å². The molecule has 2 aromatic heterocycles. The van der Waals surface area contributed by atoms with Crippen LogP contribution in [0.5, 0.6) is 0 Å². The van der Waals surface area contributed by atoms with Crippen molar-refractivity contribution < 1.29 is 0 Å². The summed E-state index contributed by atoms with van der Waals surface area (Å²) in [5.74, 6) is 0.227. The zero-order valence-corrected chi connectivity index (χ0v) is 35.2. The highest BCUT2D eigenvalue weighted by molar-refractivity contribution is 6.22. The molecule has 0 spiro atoms. The Morgan fingerprint density at radius 1 is 0.556 bits per heavy atom. The van der Waals surface area contributed by atoms with Crippen LogP contribution >= 0.6 is 0 Å². The minimum absolute atomic E-state index is 0.227. The van der Waals surface area contributed by atoms with Gasteiger partial charge in [-0.15, -0.1) is 0 Å². The van der Waals surface area contributed by atoms with Gasteiger partial charge in [0.15, 0.2) is 0 Å². The summed E-state index contributed by atoms with van der Waals surface area (Å²) in [4.78, 5) is 0. The SMILES string of the molecule is C=Cc1ccccc1/C(=C(/C)C(=C)n1c2ccc(-n3c4ccccc4c4ccccc43)cc2c2c3ccccc3ccc21)c1ccc2c(c1)C(c1ccccc1)Cc1ccccc1-2. The number of para-hydroxylation sites is 2. The van der Waals surface area contributed by atoms with Crippen LogP contribution in [0.25, 0.3) is 88.5 Å². The summed E-state index contributed by atoms with van der Waals surface area (Å²) < 4.78 is 4.82. The lowest BCUT2D eigenvalue weighted by Crippen LogP contribution is -2.13. The number of hydrogen-bond donors (Lipinski definition) is 0. The smallest absolute Gasteiger partial charge is 0.0547 e. The standard InChI is InChI=1S/C61H44N2/c1-4-41-18-8-12-24-48(41)60(45-30-33-50-47-23-11-10-22-44(47)36-53(54(50)37-45)42-19-6-5-7-20-42)39(2)40(3)62-58-35-32-46(38-55(58)61-49-25-13-9-21-43(49)31-34-59(61)62)63-56-28-16-14-26-51(56)52-27-15-17-29-57(52)63/h4-35,37-38,53H,1,3,36H2,2H3/b60-39-. The largest absolute Gasteiger partial charge is 0.310 e. The van der Waals surface area contributed by atoms with E-state index in [-0.39, 0.29) is 5.92 Å². The quantitative estimate of drug-likeness (QED) is 0.142. The summed E-state index contributed by atoms with van der Waals surface area (Å²) in [6.45, 7) is 11.6. The zero-order chi connectivity index (χ0) is 42.2. The van der Waals surface area contributed by atoms with Gasteiger partial charge in [-0.05, 0) is 122 Å². The first-order chi connectivity index (χ1) is 31.1. The summed E-state index contributed by atoms with van der Waals surface area (Å²) in [6, 6.07) is 73.5. The normalized spacial score (nSPS) is 14.0. The number of rotatable bonds is 7. The second kappa shape index (κ2) is 14.6. The first-order valence-electron chi connectivity index (χ1n) is 21.9. The molecule has 12 rings (SSSR count). The molecule has 1 atom stereocenters. The van der Waals surface area contributed by atoms with E-state index in [1.54, 1.807) is 0 Å². The maximum Gasteiger partial charge on any atom is 0.0547 e. The van der Waals surface area contributed by atoms with Crippen LogP contribution in [-0.4, -0.2) is 9.13 Å². The molecule has 0 bridgehead atoms. The molecule has 0 saturated heterocycles. The van der Waals surface area contributed by atoms with Gasteiger partial charge < -0.3 is 9.13 Å². The highest BCUT2D eigenvalue weighted by atomic mass is 15.0. The summed E-state index contributed by atoms with van der Waals surface area (Å²) >= 11 is 0. The Morgan fingerprint density at radius 3 is 2.02 bits per heavy atom. The molecule has 0 amide bonds. The minimum atomic E-state index is 0.227. The monoisotopic (exact) mass is 804 g/mol. The fraction of sp³-hybridized carbons (Fsp3) is 0.0492. The van der Waals surface area contributed by atoms with Crippen molar-refractivity contribution in [2.24, 2.45) is 0 Å². The van der Waals surface area contributed by atoms with Crippen LogP contribution in [0.4, 0.5) is 0 Å². The average molecular weight is 805 g/mol. The predicted octanol–water partition coefficient (Wildman–Crippen LogP) is 16.0. The molecule has 0 radical (unpaired) electrons. The molecule has 0 N–H and O–H groups in total. The van der Waals surface area contributed by atoms with Crippen molar-refractivity contribution in [2.45, 2.75) is 19.3 Å². The molecule has 1 aliphatic carbocycles. The molecule has 2 heteroatoms. The van der Waals surface area contributed by atoms with Crippen LogP contribution in [-0.2, 0) is 6.42 Å². The van der Waals surface area contributed by atoms with E-state index in [1.165, 1.54) is 76.7 Å². The molecule has 298 valence electrons. The highest BCUT2D eigenvalue weighted by Gasteiger charge is 2.28. The van der Waals surface area contributed by atoms with Gasteiger partial charge in [0, 0.05) is 38.8 Å². The second-order valence-electron chi connectivity index (χ2n) is 17.0. The molecule has 1 aliphatic rings. The van der Waals surface area contributed by atoms with E-state index in [0.29, 0.717) is 0 Å². The van der Waals surface area contributed by atoms with Crippen molar-refractivity contribution in [1.29, 1.82) is 0 Å². The Balaban J connectivity index is 1.11. The Morgan fingerprint density at radius 2 is 1.22 bits per heavy atom. The van der Waals surface area contributed by atoms with Gasteiger partial charge in [0.05, 0.1) is 22.1 Å². The van der Waals surface area contributed by atoms with Crippen molar-refractivity contribution in [3.8, 4) is 16.8 Å². The Bertz CT molecular complexity index is 3650. The number of aromatic nitrogens is 2. The molecule has 0 saturated carbocycles. The average Bonchev–Trinajstić information content (AvgIpc) is 3.86. The number of allylic oxidation sites excluding steroid dienone is 2. The number of hydrogen-bond acceptors (Lipinski definition) is 0. The van der Waals surface area contributed by atoms with E-state index >= 15 is 0 Å². The maximum absolute atomic E-state index is 5.01. The van der Waals surface area contributed by atoms with Gasteiger partial charge in [-0.1, -0.05) is 177 Å². The van der Waals surface area contributed by atoms with E-state index in [9.17, 15) is 0 Å². The number of nitrogens with zero attached hydrogens (tertiary/aromatic N) is 2. The van der Waals surface area contributed by atoms with Crippen molar-refractivity contribution in [3.05, 3.63) is 252 Å². The molecular formula is C61H44N2.